The second-order valence-corrected chi connectivity index (χ2v) is 6.03. The van der Waals surface area contributed by atoms with E-state index in [0.717, 1.165) is 12.5 Å². The van der Waals surface area contributed by atoms with E-state index in [1.54, 1.807) is 0 Å². The predicted molar refractivity (Wildman–Crippen MR) is 73.2 cm³/mol. The van der Waals surface area contributed by atoms with E-state index in [0.29, 0.717) is 6.04 Å². The number of aliphatic imine (C=N–C) groups is 1. The van der Waals surface area contributed by atoms with Crippen molar-refractivity contribution in [3.8, 4) is 0 Å². The van der Waals surface area contributed by atoms with Crippen LogP contribution in [-0.4, -0.2) is 23.5 Å². The smallest absolute Gasteiger partial charge is 0.156 e. The molecule has 1 aliphatic heterocycles. The molecule has 1 atom stereocenters. The van der Waals surface area contributed by atoms with Gasteiger partial charge in [0.1, 0.15) is 0 Å². The topological polar surface area (TPSA) is 24.4 Å². The van der Waals surface area contributed by atoms with Crippen molar-refractivity contribution in [3.63, 3.8) is 0 Å². The lowest BCUT2D eigenvalue weighted by Crippen LogP contribution is -2.40. The van der Waals surface area contributed by atoms with Crippen molar-refractivity contribution in [1.29, 1.82) is 0 Å². The van der Waals surface area contributed by atoms with E-state index in [1.165, 1.54) is 55.9 Å². The van der Waals surface area contributed by atoms with Gasteiger partial charge in [0.15, 0.2) is 5.17 Å². The lowest BCUT2D eigenvalue weighted by Gasteiger charge is -2.31. The summed E-state index contributed by atoms with van der Waals surface area (Å²) >= 11 is 1.91. The minimum absolute atomic E-state index is 0.671. The minimum atomic E-state index is 0.671. The molecule has 2 rings (SSSR count). The second-order valence-electron chi connectivity index (χ2n) is 4.95. The van der Waals surface area contributed by atoms with Gasteiger partial charge in [0.2, 0.25) is 0 Å². The Balaban J connectivity index is 1.86. The highest BCUT2D eigenvalue weighted by Gasteiger charge is 2.23. The van der Waals surface area contributed by atoms with Gasteiger partial charge in [0.25, 0.3) is 0 Å². The normalized spacial score (nSPS) is 24.9. The van der Waals surface area contributed by atoms with Crippen LogP contribution >= 0.6 is 11.8 Å². The highest BCUT2D eigenvalue weighted by molar-refractivity contribution is 8.13. The summed E-state index contributed by atoms with van der Waals surface area (Å²) in [5, 5.41) is 4.90. The quantitative estimate of drug-likeness (QED) is 0.817. The number of amidine groups is 1. The summed E-state index contributed by atoms with van der Waals surface area (Å²) in [4.78, 5) is 4.58. The Morgan fingerprint density at radius 2 is 2.12 bits per heavy atom. The molecule has 2 nitrogen and oxygen atoms in total. The van der Waals surface area contributed by atoms with Gasteiger partial charge in [0, 0.05) is 18.3 Å². The molecule has 0 spiro atoms. The SMILES string of the molecule is CCC(NC1=NCCCS1)C1CCCCC1. The van der Waals surface area contributed by atoms with Crippen molar-refractivity contribution in [2.45, 2.75) is 57.9 Å². The monoisotopic (exact) mass is 240 g/mol. The molecule has 0 saturated heterocycles. The van der Waals surface area contributed by atoms with Crippen LogP contribution in [0, 0.1) is 5.92 Å². The maximum absolute atomic E-state index is 4.58. The van der Waals surface area contributed by atoms with Crippen molar-refractivity contribution in [2.24, 2.45) is 10.9 Å². The van der Waals surface area contributed by atoms with Gasteiger partial charge < -0.3 is 5.32 Å². The van der Waals surface area contributed by atoms with Crippen molar-refractivity contribution < 1.29 is 0 Å². The Hall–Kier alpha value is -0.180. The molecule has 1 heterocycles. The first-order valence-electron chi connectivity index (χ1n) is 6.84. The first-order chi connectivity index (χ1) is 7.90. The molecule has 3 heteroatoms. The van der Waals surface area contributed by atoms with Gasteiger partial charge in [-0.25, -0.2) is 0 Å². The van der Waals surface area contributed by atoms with Crippen molar-refractivity contribution in [1.82, 2.24) is 5.32 Å². The number of thioether (sulfide) groups is 1. The Kier molecular flexibility index (Phi) is 5.01. The van der Waals surface area contributed by atoms with Crippen molar-refractivity contribution in [3.05, 3.63) is 0 Å². The Bertz CT molecular complexity index is 234. The van der Waals surface area contributed by atoms with E-state index in [4.69, 9.17) is 0 Å². The lowest BCUT2D eigenvalue weighted by molar-refractivity contribution is 0.284. The summed E-state index contributed by atoms with van der Waals surface area (Å²) < 4.78 is 0. The third kappa shape index (κ3) is 3.41. The fourth-order valence-corrected chi connectivity index (χ4v) is 3.68. The molecule has 0 amide bonds. The molecule has 0 aromatic carbocycles. The van der Waals surface area contributed by atoms with E-state index in [1.807, 2.05) is 11.8 Å². The molecule has 0 aromatic heterocycles. The highest BCUT2D eigenvalue weighted by atomic mass is 32.2. The molecule has 0 radical (unpaired) electrons. The van der Waals surface area contributed by atoms with Gasteiger partial charge in [-0.1, -0.05) is 37.9 Å². The molecule has 1 saturated carbocycles. The molecular weight excluding hydrogens is 216 g/mol. The molecule has 0 aromatic rings. The van der Waals surface area contributed by atoms with Gasteiger partial charge in [-0.15, -0.1) is 0 Å². The Morgan fingerprint density at radius 1 is 1.31 bits per heavy atom. The predicted octanol–water partition coefficient (Wildman–Crippen LogP) is 3.43. The fourth-order valence-electron chi connectivity index (χ4n) is 2.80. The summed E-state index contributed by atoms with van der Waals surface area (Å²) in [6.45, 7) is 3.33. The van der Waals surface area contributed by atoms with Crippen LogP contribution in [0.3, 0.4) is 0 Å². The molecule has 16 heavy (non-hydrogen) atoms. The first-order valence-corrected chi connectivity index (χ1v) is 7.82. The molecule has 1 aliphatic carbocycles. The van der Waals surface area contributed by atoms with Gasteiger partial charge in [-0.3, -0.25) is 4.99 Å². The molecule has 0 bridgehead atoms. The third-order valence-electron chi connectivity index (χ3n) is 3.76. The van der Waals surface area contributed by atoms with Crippen LogP contribution in [0.4, 0.5) is 0 Å². The lowest BCUT2D eigenvalue weighted by atomic mass is 9.83. The molecule has 92 valence electrons. The van der Waals surface area contributed by atoms with Crippen LogP contribution in [0.25, 0.3) is 0 Å². The number of hydrogen-bond acceptors (Lipinski definition) is 3. The summed E-state index contributed by atoms with van der Waals surface area (Å²) in [5.41, 5.74) is 0. The molecule has 1 N–H and O–H groups in total. The molecule has 2 aliphatic rings. The number of hydrogen-bond donors (Lipinski definition) is 1. The van der Waals surface area contributed by atoms with Crippen LogP contribution in [-0.2, 0) is 0 Å². The van der Waals surface area contributed by atoms with Crippen LogP contribution in [0.2, 0.25) is 0 Å². The number of nitrogens with one attached hydrogen (secondary N) is 1. The number of nitrogens with zero attached hydrogens (tertiary/aromatic N) is 1. The standard InChI is InChI=1S/C13H24N2S/c1-2-12(11-7-4-3-5-8-11)15-13-14-9-6-10-16-13/h11-12H,2-10H2,1H3,(H,14,15). The fraction of sp³-hybridized carbons (Fsp3) is 0.923. The van der Waals surface area contributed by atoms with E-state index < -0.39 is 0 Å². The zero-order chi connectivity index (χ0) is 11.2. The van der Waals surface area contributed by atoms with Gasteiger partial charge in [0.05, 0.1) is 0 Å². The number of rotatable bonds is 3. The van der Waals surface area contributed by atoms with E-state index in [9.17, 15) is 0 Å². The first kappa shape index (κ1) is 12.3. The summed E-state index contributed by atoms with van der Waals surface area (Å²) in [5.74, 6) is 2.14. The zero-order valence-electron chi connectivity index (χ0n) is 10.4. The maximum atomic E-state index is 4.58. The zero-order valence-corrected chi connectivity index (χ0v) is 11.2. The van der Waals surface area contributed by atoms with Crippen LogP contribution in [0.1, 0.15) is 51.9 Å². The summed E-state index contributed by atoms with van der Waals surface area (Å²) in [6, 6.07) is 0.671. The molecular formula is C13H24N2S. The van der Waals surface area contributed by atoms with Crippen LogP contribution in [0.15, 0.2) is 4.99 Å². The average molecular weight is 240 g/mol. The van der Waals surface area contributed by atoms with Crippen molar-refractivity contribution in [2.75, 3.05) is 12.3 Å². The van der Waals surface area contributed by atoms with E-state index in [-0.39, 0.29) is 0 Å². The van der Waals surface area contributed by atoms with E-state index in [2.05, 4.69) is 17.2 Å². The summed E-state index contributed by atoms with van der Waals surface area (Å²) in [6.07, 6.45) is 9.64. The second kappa shape index (κ2) is 6.53. The highest BCUT2D eigenvalue weighted by Crippen LogP contribution is 2.28. The molecule has 1 unspecified atom stereocenters. The molecule has 1 fully saturated rings. The van der Waals surface area contributed by atoms with Gasteiger partial charge in [-0.2, -0.15) is 0 Å². The average Bonchev–Trinajstić information content (AvgIpc) is 2.38. The van der Waals surface area contributed by atoms with Gasteiger partial charge in [-0.05, 0) is 31.6 Å². The van der Waals surface area contributed by atoms with Crippen molar-refractivity contribution >= 4 is 16.9 Å². The van der Waals surface area contributed by atoms with E-state index >= 15 is 0 Å². The Morgan fingerprint density at radius 3 is 2.75 bits per heavy atom. The minimum Gasteiger partial charge on any atom is -0.362 e. The maximum Gasteiger partial charge on any atom is 0.156 e. The Labute approximate surface area is 104 Å². The van der Waals surface area contributed by atoms with Gasteiger partial charge >= 0.3 is 0 Å². The largest absolute Gasteiger partial charge is 0.362 e. The summed E-state index contributed by atoms with van der Waals surface area (Å²) in [7, 11) is 0. The third-order valence-corrected chi connectivity index (χ3v) is 4.78. The van der Waals surface area contributed by atoms with Crippen LogP contribution < -0.4 is 5.32 Å². The van der Waals surface area contributed by atoms with Crippen LogP contribution in [0.5, 0.6) is 0 Å².